The van der Waals surface area contributed by atoms with Gasteiger partial charge in [-0.15, -0.1) is 0 Å². The van der Waals surface area contributed by atoms with Gasteiger partial charge in [0.1, 0.15) is 12.2 Å². The third-order valence-electron chi connectivity index (χ3n) is 4.20. The van der Waals surface area contributed by atoms with Crippen molar-refractivity contribution in [2.24, 2.45) is 5.92 Å². The van der Waals surface area contributed by atoms with Crippen LogP contribution in [0.3, 0.4) is 0 Å². The van der Waals surface area contributed by atoms with E-state index in [0.717, 1.165) is 5.56 Å². The number of nitrogens with one attached hydrogen (secondary N) is 2. The Morgan fingerprint density at radius 3 is 2.42 bits per heavy atom. The average molecular weight is 435 g/mol. The second-order valence-electron chi connectivity index (χ2n) is 8.14. The molecule has 0 aliphatic rings. The zero-order chi connectivity index (χ0) is 23.3. The lowest BCUT2D eigenvalue weighted by atomic mass is 9.97. The number of hydrogen-bond acceptors (Lipinski definition) is 6. The van der Waals surface area contributed by atoms with Crippen LogP contribution in [0, 0.1) is 5.92 Å². The van der Waals surface area contributed by atoms with E-state index in [1.165, 1.54) is 6.08 Å². The molecule has 1 rings (SSSR count). The quantitative estimate of drug-likeness (QED) is 0.263. The molecule has 0 heterocycles. The number of ether oxygens (including phenoxy) is 2. The zero-order valence-electron chi connectivity index (χ0n) is 18.6. The van der Waals surface area contributed by atoms with E-state index in [2.05, 4.69) is 17.2 Å². The van der Waals surface area contributed by atoms with Crippen LogP contribution in [0.25, 0.3) is 0 Å². The highest BCUT2D eigenvalue weighted by atomic mass is 16.6. The van der Waals surface area contributed by atoms with E-state index in [-0.39, 0.29) is 25.5 Å². The number of rotatable bonds is 12. The molecule has 172 valence electrons. The van der Waals surface area contributed by atoms with E-state index in [9.17, 15) is 14.4 Å². The van der Waals surface area contributed by atoms with Crippen LogP contribution in [0.5, 0.6) is 0 Å². The molecule has 3 N–H and O–H groups in total. The highest BCUT2D eigenvalue weighted by Gasteiger charge is 2.23. The summed E-state index contributed by atoms with van der Waals surface area (Å²) in [6, 6.07) is 6.82. The molecule has 0 aliphatic carbocycles. The molecule has 0 aromatic heterocycles. The first-order chi connectivity index (χ1) is 14.6. The molecule has 2 amide bonds. The molecule has 0 unspecified atom stereocenters. The molecule has 31 heavy (non-hydrogen) atoms. The van der Waals surface area contributed by atoms with Crippen molar-refractivity contribution in [3.05, 3.63) is 42.5 Å². The molecule has 0 spiro atoms. The summed E-state index contributed by atoms with van der Waals surface area (Å²) in [5, 5.41) is 14.6. The summed E-state index contributed by atoms with van der Waals surface area (Å²) in [6.45, 7) is 9.30. The predicted octanol–water partition coefficient (Wildman–Crippen LogP) is 3.55. The molecule has 0 bridgehead atoms. The Morgan fingerprint density at radius 2 is 1.84 bits per heavy atom. The molecule has 1 aromatic carbocycles. The van der Waals surface area contributed by atoms with Gasteiger partial charge in [0.2, 0.25) is 5.91 Å². The van der Waals surface area contributed by atoms with Gasteiger partial charge >= 0.3 is 12.1 Å². The second-order valence-corrected chi connectivity index (χ2v) is 8.14. The van der Waals surface area contributed by atoms with Crippen LogP contribution in [0.1, 0.15) is 52.0 Å². The van der Waals surface area contributed by atoms with Gasteiger partial charge in [-0.25, -0.2) is 4.79 Å². The topological polar surface area (TPSA) is 114 Å². The number of anilines is 1. The summed E-state index contributed by atoms with van der Waals surface area (Å²) in [4.78, 5) is 36.4. The normalized spacial score (nSPS) is 11.9. The maximum absolute atomic E-state index is 12.7. The minimum atomic E-state index is -0.573. The Morgan fingerprint density at radius 1 is 1.16 bits per heavy atom. The molecule has 1 aromatic rings. The minimum Gasteiger partial charge on any atom is -0.461 e. The zero-order valence-corrected chi connectivity index (χ0v) is 18.6. The van der Waals surface area contributed by atoms with Gasteiger partial charge in [-0.1, -0.05) is 31.2 Å². The van der Waals surface area contributed by atoms with Crippen molar-refractivity contribution in [3.8, 4) is 0 Å². The first-order valence-corrected chi connectivity index (χ1v) is 10.4. The lowest BCUT2D eigenvalue weighted by Gasteiger charge is -2.20. The molecule has 0 aliphatic heterocycles. The van der Waals surface area contributed by atoms with Crippen LogP contribution < -0.4 is 10.6 Å². The standard InChI is InChI=1S/C23H34N2O6/c1-5-14-30-20(27)15-18(8-6-7-13-24-22(29)31-23(2,3)4)21(28)25-19-11-9-17(16-26)10-12-19/h5,9-12,18,26H,1,6-8,13-16H2,2-4H3,(H,24,29)(H,25,28)/t18-/m1/s1. The summed E-state index contributed by atoms with van der Waals surface area (Å²) in [6.07, 6.45) is 2.66. The summed E-state index contributed by atoms with van der Waals surface area (Å²) >= 11 is 0. The van der Waals surface area contributed by atoms with Crippen LogP contribution >= 0.6 is 0 Å². The van der Waals surface area contributed by atoms with Gasteiger partial charge in [0.25, 0.3) is 0 Å². The fraction of sp³-hybridized carbons (Fsp3) is 0.522. The summed E-state index contributed by atoms with van der Waals surface area (Å²) in [7, 11) is 0. The fourth-order valence-electron chi connectivity index (χ4n) is 2.70. The predicted molar refractivity (Wildman–Crippen MR) is 118 cm³/mol. The number of esters is 1. The van der Waals surface area contributed by atoms with Crippen molar-refractivity contribution in [2.45, 2.75) is 58.7 Å². The second kappa shape index (κ2) is 13.4. The van der Waals surface area contributed by atoms with Gasteiger partial charge in [0, 0.05) is 18.2 Å². The van der Waals surface area contributed by atoms with E-state index in [1.807, 2.05) is 0 Å². The van der Waals surface area contributed by atoms with Crippen LogP contribution in [0.15, 0.2) is 36.9 Å². The Labute approximate surface area is 184 Å². The molecule has 8 heteroatoms. The third-order valence-corrected chi connectivity index (χ3v) is 4.20. The van der Waals surface area contributed by atoms with Crippen LogP contribution in [-0.2, 0) is 25.7 Å². The van der Waals surface area contributed by atoms with Crippen LogP contribution in [-0.4, -0.2) is 41.8 Å². The lowest BCUT2D eigenvalue weighted by Crippen LogP contribution is -2.33. The SMILES string of the molecule is C=CCOC(=O)C[C@@H](CCCCNC(=O)OC(C)(C)C)C(=O)Nc1ccc(CO)cc1. The van der Waals surface area contributed by atoms with Gasteiger partial charge in [0.15, 0.2) is 0 Å². The van der Waals surface area contributed by atoms with Crippen molar-refractivity contribution in [3.63, 3.8) is 0 Å². The van der Waals surface area contributed by atoms with E-state index < -0.39 is 23.6 Å². The van der Waals surface area contributed by atoms with E-state index in [0.29, 0.717) is 31.5 Å². The van der Waals surface area contributed by atoms with E-state index in [4.69, 9.17) is 14.6 Å². The molecule has 0 saturated heterocycles. The molecule has 0 saturated carbocycles. The molecule has 1 atom stereocenters. The number of aliphatic hydroxyl groups is 1. The number of benzene rings is 1. The number of aliphatic hydroxyl groups excluding tert-OH is 1. The molecular weight excluding hydrogens is 400 g/mol. The number of hydrogen-bond donors (Lipinski definition) is 3. The molecule has 0 radical (unpaired) electrons. The van der Waals surface area contributed by atoms with E-state index >= 15 is 0 Å². The number of amides is 2. The first kappa shape index (κ1) is 26.2. The van der Waals surface area contributed by atoms with Gasteiger partial charge in [-0.3, -0.25) is 9.59 Å². The average Bonchev–Trinajstić information content (AvgIpc) is 2.70. The number of carbonyl (C=O) groups is 3. The Hall–Kier alpha value is -2.87. The summed E-state index contributed by atoms with van der Waals surface area (Å²) in [5.41, 5.74) is 0.757. The van der Waals surface area contributed by atoms with Crippen molar-refractivity contribution in [1.29, 1.82) is 0 Å². The van der Waals surface area contributed by atoms with Gasteiger partial charge < -0.3 is 25.2 Å². The van der Waals surface area contributed by atoms with Crippen molar-refractivity contribution in [1.82, 2.24) is 5.32 Å². The number of alkyl carbamates (subject to hydrolysis) is 1. The molecular formula is C23H34N2O6. The number of unbranched alkanes of at least 4 members (excludes halogenated alkanes) is 1. The minimum absolute atomic E-state index is 0.0477. The Balaban J connectivity index is 2.57. The molecule has 0 fully saturated rings. The Bertz CT molecular complexity index is 725. The fourth-order valence-corrected chi connectivity index (χ4v) is 2.70. The van der Waals surface area contributed by atoms with Gasteiger partial charge in [0.05, 0.1) is 13.0 Å². The lowest BCUT2D eigenvalue weighted by molar-refractivity contribution is -0.145. The highest BCUT2D eigenvalue weighted by molar-refractivity contribution is 5.94. The highest BCUT2D eigenvalue weighted by Crippen LogP contribution is 2.18. The number of carbonyl (C=O) groups excluding carboxylic acids is 3. The smallest absolute Gasteiger partial charge is 0.407 e. The third kappa shape index (κ3) is 11.8. The maximum Gasteiger partial charge on any atom is 0.407 e. The summed E-state index contributed by atoms with van der Waals surface area (Å²) < 4.78 is 10.2. The first-order valence-electron chi connectivity index (χ1n) is 10.4. The van der Waals surface area contributed by atoms with E-state index in [1.54, 1.807) is 45.0 Å². The maximum atomic E-state index is 12.7. The van der Waals surface area contributed by atoms with Gasteiger partial charge in [-0.2, -0.15) is 0 Å². The van der Waals surface area contributed by atoms with Crippen molar-refractivity contribution >= 4 is 23.7 Å². The largest absolute Gasteiger partial charge is 0.461 e. The molecule has 8 nitrogen and oxygen atoms in total. The van der Waals surface area contributed by atoms with Gasteiger partial charge in [-0.05, 0) is 51.3 Å². The monoisotopic (exact) mass is 434 g/mol. The van der Waals surface area contributed by atoms with Crippen molar-refractivity contribution < 1.29 is 29.0 Å². The Kier molecular flexibility index (Phi) is 11.3. The summed E-state index contributed by atoms with van der Waals surface area (Å²) in [5.74, 6) is -1.33. The van der Waals surface area contributed by atoms with Crippen LogP contribution in [0.2, 0.25) is 0 Å². The van der Waals surface area contributed by atoms with Crippen molar-refractivity contribution in [2.75, 3.05) is 18.5 Å². The van der Waals surface area contributed by atoms with Crippen LogP contribution in [0.4, 0.5) is 10.5 Å².